The van der Waals surface area contributed by atoms with Crippen molar-refractivity contribution in [1.82, 2.24) is 0 Å². The number of rotatable bonds is 33. The van der Waals surface area contributed by atoms with E-state index in [1.807, 2.05) is 21.1 Å². The minimum absolute atomic E-state index is 0.0547. The van der Waals surface area contributed by atoms with E-state index in [9.17, 15) is 19.4 Å². The van der Waals surface area contributed by atoms with Gasteiger partial charge in [-0.2, -0.15) is 0 Å². The highest BCUT2D eigenvalue weighted by Crippen LogP contribution is 2.43. The van der Waals surface area contributed by atoms with Crippen LogP contribution < -0.4 is 0 Å². The molecule has 2 unspecified atom stereocenters. The van der Waals surface area contributed by atoms with Crippen molar-refractivity contribution in [3.63, 3.8) is 0 Å². The van der Waals surface area contributed by atoms with Crippen molar-refractivity contribution >= 4 is 13.8 Å². The molecule has 0 aliphatic heterocycles. The van der Waals surface area contributed by atoms with Gasteiger partial charge in [-0.3, -0.25) is 13.8 Å². The lowest BCUT2D eigenvalue weighted by Gasteiger charge is -2.24. The van der Waals surface area contributed by atoms with Crippen LogP contribution in [0.4, 0.5) is 0 Å². The first-order valence-electron chi connectivity index (χ1n) is 18.1. The van der Waals surface area contributed by atoms with Crippen molar-refractivity contribution < 1.29 is 37.6 Å². The fraction of sp³-hybridized carbons (Fsp3) is 0.861. The Labute approximate surface area is 277 Å². The maximum atomic E-state index is 11.9. The Morgan fingerprint density at radius 3 is 1.64 bits per heavy atom. The zero-order valence-corrected chi connectivity index (χ0v) is 30.5. The predicted molar refractivity (Wildman–Crippen MR) is 187 cm³/mol. The van der Waals surface area contributed by atoms with Crippen LogP contribution in [0.15, 0.2) is 24.3 Å². The van der Waals surface area contributed by atoms with Crippen molar-refractivity contribution in [1.29, 1.82) is 0 Å². The second kappa shape index (κ2) is 30.3. The molecule has 0 spiro atoms. The summed E-state index contributed by atoms with van der Waals surface area (Å²) in [7, 11) is 1.56. The van der Waals surface area contributed by atoms with E-state index in [0.717, 1.165) is 25.7 Å². The molecule has 45 heavy (non-hydrogen) atoms. The fourth-order valence-electron chi connectivity index (χ4n) is 4.81. The van der Waals surface area contributed by atoms with Gasteiger partial charge in [0.15, 0.2) is 0 Å². The number of phosphoric acid groups is 1. The predicted octanol–water partition coefficient (Wildman–Crippen LogP) is 9.44. The molecular weight excluding hydrogens is 589 g/mol. The van der Waals surface area contributed by atoms with Crippen LogP contribution in [-0.4, -0.2) is 74.1 Å². The van der Waals surface area contributed by atoms with Crippen molar-refractivity contribution in [2.24, 2.45) is 0 Å². The number of ether oxygens (including phenoxy) is 1. The minimum atomic E-state index is -4.25. The summed E-state index contributed by atoms with van der Waals surface area (Å²) in [6.07, 6.45) is 34.8. The van der Waals surface area contributed by atoms with Crippen LogP contribution >= 0.6 is 7.82 Å². The normalized spacial score (nSPS) is 14.4. The molecule has 266 valence electrons. The quantitative estimate of drug-likeness (QED) is 0.0238. The van der Waals surface area contributed by atoms with Crippen LogP contribution in [0.5, 0.6) is 0 Å². The number of aliphatic hydroxyl groups is 1. The Kier molecular flexibility index (Phi) is 29.6. The highest BCUT2D eigenvalue weighted by atomic mass is 31.2. The first-order valence-corrected chi connectivity index (χ1v) is 19.6. The second-order valence-electron chi connectivity index (χ2n) is 13.5. The molecule has 0 bridgehead atoms. The average Bonchev–Trinajstić information content (AvgIpc) is 2.98. The molecule has 0 saturated carbocycles. The molecule has 0 rings (SSSR count). The summed E-state index contributed by atoms with van der Waals surface area (Å²) in [6, 6.07) is 0. The van der Waals surface area contributed by atoms with E-state index in [-0.39, 0.29) is 19.2 Å². The molecule has 2 N–H and O–H groups in total. The summed E-state index contributed by atoms with van der Waals surface area (Å²) < 4.78 is 27.2. The van der Waals surface area contributed by atoms with Gasteiger partial charge in [-0.1, -0.05) is 128 Å². The van der Waals surface area contributed by atoms with Crippen LogP contribution in [0.3, 0.4) is 0 Å². The highest BCUT2D eigenvalue weighted by molar-refractivity contribution is 7.47. The molecule has 0 radical (unpaired) electrons. The summed E-state index contributed by atoms with van der Waals surface area (Å²) in [6.45, 7) is 2.14. The molecule has 0 amide bonds. The van der Waals surface area contributed by atoms with Gasteiger partial charge in [0.2, 0.25) is 0 Å². The summed E-state index contributed by atoms with van der Waals surface area (Å²) >= 11 is 0. The minimum Gasteiger partial charge on any atom is -0.463 e. The Morgan fingerprint density at radius 2 is 1.16 bits per heavy atom. The van der Waals surface area contributed by atoms with E-state index < -0.39 is 20.5 Å². The van der Waals surface area contributed by atoms with E-state index in [0.29, 0.717) is 17.4 Å². The van der Waals surface area contributed by atoms with Crippen molar-refractivity contribution in [3.8, 4) is 0 Å². The van der Waals surface area contributed by atoms with Gasteiger partial charge in [-0.15, -0.1) is 0 Å². The number of phosphoric ester groups is 1. The first-order chi connectivity index (χ1) is 21.6. The van der Waals surface area contributed by atoms with Crippen molar-refractivity contribution in [2.75, 3.05) is 47.5 Å². The fourth-order valence-corrected chi connectivity index (χ4v) is 5.55. The number of allylic oxidation sites excluding steroid dienone is 4. The SMILES string of the molecule is CCCCCCC/C=C\C/C=C\CCCCCCCCCCCCCCCC(=O)OCC(O)COP(=O)(O)OCC[N+](C)(C)C. The number of likely N-dealkylation sites (N-methyl/N-ethyl adjacent to an activating group) is 1. The maximum absolute atomic E-state index is 11.9. The van der Waals surface area contributed by atoms with Gasteiger partial charge in [0.05, 0.1) is 27.7 Å². The topological polar surface area (TPSA) is 102 Å². The average molecular weight is 661 g/mol. The lowest BCUT2D eigenvalue weighted by atomic mass is 10.0. The highest BCUT2D eigenvalue weighted by Gasteiger charge is 2.24. The third kappa shape index (κ3) is 35.7. The molecule has 9 heteroatoms. The van der Waals surface area contributed by atoms with Gasteiger partial charge < -0.3 is 19.2 Å². The molecule has 0 saturated heterocycles. The van der Waals surface area contributed by atoms with E-state index in [4.69, 9.17) is 13.8 Å². The monoisotopic (exact) mass is 660 g/mol. The number of quaternary nitrogens is 1. The van der Waals surface area contributed by atoms with E-state index in [2.05, 4.69) is 31.2 Å². The molecule has 0 aromatic heterocycles. The summed E-state index contributed by atoms with van der Waals surface area (Å²) in [5, 5.41) is 9.89. The molecule has 0 aromatic carbocycles. The third-order valence-electron chi connectivity index (χ3n) is 7.71. The molecule has 0 aliphatic rings. The summed E-state index contributed by atoms with van der Waals surface area (Å²) in [4.78, 5) is 21.6. The van der Waals surface area contributed by atoms with Gasteiger partial charge in [0, 0.05) is 6.42 Å². The van der Waals surface area contributed by atoms with Gasteiger partial charge in [0.25, 0.3) is 0 Å². The lowest BCUT2D eigenvalue weighted by Crippen LogP contribution is -2.37. The van der Waals surface area contributed by atoms with E-state index in [1.165, 1.54) is 109 Å². The van der Waals surface area contributed by atoms with Gasteiger partial charge >= 0.3 is 13.8 Å². The Bertz CT molecular complexity index is 782. The zero-order valence-electron chi connectivity index (χ0n) is 29.6. The zero-order chi connectivity index (χ0) is 33.5. The number of hydrogen-bond acceptors (Lipinski definition) is 6. The molecule has 0 aromatic rings. The lowest BCUT2D eigenvalue weighted by molar-refractivity contribution is -0.870. The molecule has 0 aliphatic carbocycles. The number of aliphatic hydroxyl groups excluding tert-OH is 1. The largest absolute Gasteiger partial charge is 0.472 e. The molecule has 0 fully saturated rings. The van der Waals surface area contributed by atoms with Gasteiger partial charge in [-0.25, -0.2) is 4.57 Å². The molecule has 2 atom stereocenters. The van der Waals surface area contributed by atoms with E-state index in [1.54, 1.807) is 0 Å². The Hall–Kier alpha value is -1.02. The Balaban J connectivity index is 3.44. The standard InChI is InChI=1S/C36H70NO7P/c1-5-6-7-8-9-10-11-12-13-14-15-16-17-18-19-20-21-22-23-24-25-26-27-28-29-30-36(39)42-33-35(38)34-44-45(40,41)43-32-31-37(2,3)4/h11-12,14-15,35,38H,5-10,13,16-34H2,1-4H3/p+1/b12-11-,15-14-. The van der Waals surface area contributed by atoms with Gasteiger partial charge in [-0.05, 0) is 38.5 Å². The smallest absolute Gasteiger partial charge is 0.463 e. The van der Waals surface area contributed by atoms with Crippen molar-refractivity contribution in [3.05, 3.63) is 24.3 Å². The Morgan fingerprint density at radius 1 is 0.689 bits per heavy atom. The number of unbranched alkanes of at least 4 members (excludes halogenated alkanes) is 18. The van der Waals surface area contributed by atoms with Crippen LogP contribution in [0.1, 0.15) is 148 Å². The van der Waals surface area contributed by atoms with Crippen LogP contribution in [0, 0.1) is 0 Å². The first kappa shape index (κ1) is 44.0. The number of nitrogens with zero attached hydrogens (tertiary/aromatic N) is 1. The van der Waals surface area contributed by atoms with Crippen molar-refractivity contribution in [2.45, 2.75) is 154 Å². The van der Waals surface area contributed by atoms with Crippen LogP contribution in [0.25, 0.3) is 0 Å². The molecule has 0 heterocycles. The van der Waals surface area contributed by atoms with Crippen LogP contribution in [-0.2, 0) is 23.1 Å². The maximum Gasteiger partial charge on any atom is 0.472 e. The molecule has 8 nitrogen and oxygen atoms in total. The third-order valence-corrected chi connectivity index (χ3v) is 8.70. The number of carbonyl (C=O) groups is 1. The van der Waals surface area contributed by atoms with Gasteiger partial charge in [0.1, 0.15) is 25.9 Å². The number of hydrogen-bond donors (Lipinski definition) is 2. The summed E-state index contributed by atoms with van der Waals surface area (Å²) in [5.74, 6) is -0.372. The van der Waals surface area contributed by atoms with E-state index >= 15 is 0 Å². The van der Waals surface area contributed by atoms with Crippen LogP contribution in [0.2, 0.25) is 0 Å². The molecular formula is C36H71NO7P+. The number of carbonyl (C=O) groups excluding carboxylic acids is 1. The number of esters is 1. The summed E-state index contributed by atoms with van der Waals surface area (Å²) in [5.41, 5.74) is 0. The second-order valence-corrected chi connectivity index (χ2v) is 14.9.